The van der Waals surface area contributed by atoms with Gasteiger partial charge in [0.05, 0.1) is 18.6 Å². The number of nitrogens with one attached hydrogen (secondary N) is 2. The smallest absolute Gasteiger partial charge is 0.325 e. The summed E-state index contributed by atoms with van der Waals surface area (Å²) in [6.45, 7) is 0.655. The van der Waals surface area contributed by atoms with Crippen molar-refractivity contribution in [3.63, 3.8) is 0 Å². The molecule has 0 saturated carbocycles. The molecule has 178 valence electrons. The number of hydrogen-bond acceptors (Lipinski definition) is 7. The van der Waals surface area contributed by atoms with Gasteiger partial charge in [-0.15, -0.1) is 10.2 Å². The maximum absolute atomic E-state index is 13.1. The number of aromatic nitrogens is 5. The zero-order chi connectivity index (χ0) is 24.4. The van der Waals surface area contributed by atoms with Crippen molar-refractivity contribution in [3.05, 3.63) is 92.5 Å². The lowest BCUT2D eigenvalue weighted by Crippen LogP contribution is -2.30. The first-order valence-corrected chi connectivity index (χ1v) is 11.9. The van der Waals surface area contributed by atoms with Crippen molar-refractivity contribution in [2.45, 2.75) is 18.0 Å². The topological polar surface area (TPSA) is 126 Å². The standard InChI is InChI=1S/C24H22N6O4S/c1-34-18-7-4-6-17(13-18)30-20(11-16-12-21(31)26-23(33)25-16)27-28-24(30)35-14-22(32)29-10-9-15-5-2-3-8-19(15)29/h2-8,12-13H,9-11,14H2,1H3,(H2,25,26,31,33). The lowest BCUT2D eigenvalue weighted by Gasteiger charge is -2.17. The molecule has 0 saturated heterocycles. The average Bonchev–Trinajstić information content (AvgIpc) is 3.46. The largest absolute Gasteiger partial charge is 0.497 e. The molecule has 2 aromatic carbocycles. The van der Waals surface area contributed by atoms with E-state index in [-0.39, 0.29) is 18.1 Å². The van der Waals surface area contributed by atoms with E-state index < -0.39 is 11.2 Å². The number of H-pyrrole nitrogens is 2. The predicted octanol–water partition coefficient (Wildman–Crippen LogP) is 1.92. The minimum absolute atomic E-state index is 0.0133. The van der Waals surface area contributed by atoms with Crippen molar-refractivity contribution in [2.75, 3.05) is 24.3 Å². The normalized spacial score (nSPS) is 12.5. The Balaban J connectivity index is 1.44. The van der Waals surface area contributed by atoms with Crippen LogP contribution in [0, 0.1) is 0 Å². The van der Waals surface area contributed by atoms with Gasteiger partial charge in [0.15, 0.2) is 5.16 Å². The third kappa shape index (κ3) is 4.76. The summed E-state index contributed by atoms with van der Waals surface area (Å²) < 4.78 is 7.17. The molecule has 0 fully saturated rings. The van der Waals surface area contributed by atoms with Gasteiger partial charge in [0.1, 0.15) is 11.6 Å². The zero-order valence-electron chi connectivity index (χ0n) is 18.9. The molecular weight excluding hydrogens is 468 g/mol. The number of amides is 1. The number of ether oxygens (including phenoxy) is 1. The van der Waals surface area contributed by atoms with Crippen molar-refractivity contribution in [1.29, 1.82) is 0 Å². The monoisotopic (exact) mass is 490 g/mol. The van der Waals surface area contributed by atoms with E-state index in [0.29, 0.717) is 29.0 Å². The zero-order valence-corrected chi connectivity index (χ0v) is 19.7. The van der Waals surface area contributed by atoms with E-state index >= 15 is 0 Å². The molecule has 2 N–H and O–H groups in total. The van der Waals surface area contributed by atoms with E-state index in [1.54, 1.807) is 16.6 Å². The highest BCUT2D eigenvalue weighted by Gasteiger charge is 2.25. The van der Waals surface area contributed by atoms with Crippen LogP contribution in [0.4, 0.5) is 5.69 Å². The van der Waals surface area contributed by atoms with Gasteiger partial charge in [0, 0.05) is 36.5 Å². The first kappa shape index (κ1) is 22.7. The fourth-order valence-electron chi connectivity index (χ4n) is 4.10. The van der Waals surface area contributed by atoms with Crippen LogP contribution in [0.15, 0.2) is 69.3 Å². The fraction of sp³-hybridized carbons (Fsp3) is 0.208. The maximum atomic E-state index is 13.1. The van der Waals surface area contributed by atoms with Crippen LogP contribution in [0.2, 0.25) is 0 Å². The molecule has 0 unspecified atom stereocenters. The Labute approximate surface area is 204 Å². The van der Waals surface area contributed by atoms with Gasteiger partial charge < -0.3 is 14.6 Å². The van der Waals surface area contributed by atoms with Crippen molar-refractivity contribution in [2.24, 2.45) is 0 Å². The molecular formula is C24H22N6O4S. The Morgan fingerprint density at radius 2 is 1.94 bits per heavy atom. The number of para-hydroxylation sites is 1. The molecule has 1 aliphatic rings. The second-order valence-electron chi connectivity index (χ2n) is 7.94. The molecule has 11 heteroatoms. The van der Waals surface area contributed by atoms with E-state index in [1.165, 1.54) is 23.4 Å². The molecule has 2 aromatic heterocycles. The fourth-order valence-corrected chi connectivity index (χ4v) is 4.95. The highest BCUT2D eigenvalue weighted by Crippen LogP contribution is 2.30. The molecule has 0 aliphatic carbocycles. The van der Waals surface area contributed by atoms with Gasteiger partial charge >= 0.3 is 5.69 Å². The Morgan fingerprint density at radius 1 is 1.09 bits per heavy atom. The van der Waals surface area contributed by atoms with Crippen LogP contribution < -0.4 is 20.9 Å². The average molecular weight is 491 g/mol. The van der Waals surface area contributed by atoms with Gasteiger partial charge in [-0.05, 0) is 30.2 Å². The minimum atomic E-state index is -0.592. The van der Waals surface area contributed by atoms with Crippen LogP contribution in [0.5, 0.6) is 5.75 Å². The van der Waals surface area contributed by atoms with E-state index in [4.69, 9.17) is 4.74 Å². The molecule has 0 bridgehead atoms. The molecule has 4 aromatic rings. The molecule has 1 aliphatic heterocycles. The van der Waals surface area contributed by atoms with Gasteiger partial charge in [-0.25, -0.2) is 4.79 Å². The maximum Gasteiger partial charge on any atom is 0.325 e. The van der Waals surface area contributed by atoms with E-state index in [2.05, 4.69) is 20.2 Å². The summed E-state index contributed by atoms with van der Waals surface area (Å²) in [5, 5.41) is 9.14. The van der Waals surface area contributed by atoms with Crippen LogP contribution in [0.25, 0.3) is 5.69 Å². The van der Waals surface area contributed by atoms with E-state index in [0.717, 1.165) is 17.8 Å². The van der Waals surface area contributed by atoms with Crippen LogP contribution in [-0.2, 0) is 17.6 Å². The minimum Gasteiger partial charge on any atom is -0.497 e. The Morgan fingerprint density at radius 3 is 2.77 bits per heavy atom. The van der Waals surface area contributed by atoms with Crippen LogP contribution in [0.1, 0.15) is 17.1 Å². The van der Waals surface area contributed by atoms with E-state index in [9.17, 15) is 14.4 Å². The number of hydrogen-bond donors (Lipinski definition) is 2. The molecule has 5 rings (SSSR count). The first-order valence-electron chi connectivity index (χ1n) is 10.9. The highest BCUT2D eigenvalue weighted by molar-refractivity contribution is 7.99. The van der Waals surface area contributed by atoms with Crippen LogP contribution in [0.3, 0.4) is 0 Å². The number of benzene rings is 2. The van der Waals surface area contributed by atoms with Crippen molar-refractivity contribution >= 4 is 23.4 Å². The predicted molar refractivity (Wildman–Crippen MR) is 132 cm³/mol. The summed E-state index contributed by atoms with van der Waals surface area (Å²) in [5.41, 5.74) is 2.16. The molecule has 35 heavy (non-hydrogen) atoms. The number of methoxy groups -OCH3 is 1. The molecule has 0 atom stereocenters. The summed E-state index contributed by atoms with van der Waals surface area (Å²) in [6, 6.07) is 16.6. The van der Waals surface area contributed by atoms with Crippen molar-refractivity contribution < 1.29 is 9.53 Å². The molecule has 3 heterocycles. The summed E-state index contributed by atoms with van der Waals surface area (Å²) >= 11 is 1.28. The number of rotatable bonds is 7. The summed E-state index contributed by atoms with van der Waals surface area (Å²) in [5.74, 6) is 1.31. The number of carbonyl (C=O) groups excluding carboxylic acids is 1. The Bertz CT molecular complexity index is 1480. The molecule has 1 amide bonds. The van der Waals surface area contributed by atoms with Crippen LogP contribution in [-0.4, -0.2) is 50.0 Å². The number of thioether (sulfide) groups is 1. The van der Waals surface area contributed by atoms with Crippen LogP contribution >= 0.6 is 11.8 Å². The summed E-state index contributed by atoms with van der Waals surface area (Å²) in [6.07, 6.45) is 1.00. The molecule has 0 spiro atoms. The number of carbonyl (C=O) groups is 1. The number of fused-ring (bicyclic) bond motifs is 1. The molecule has 10 nitrogen and oxygen atoms in total. The highest BCUT2D eigenvalue weighted by atomic mass is 32.2. The van der Waals surface area contributed by atoms with Gasteiger partial charge in [0.25, 0.3) is 5.56 Å². The Kier molecular flexibility index (Phi) is 6.23. The van der Waals surface area contributed by atoms with Gasteiger partial charge in [0.2, 0.25) is 5.91 Å². The molecule has 0 radical (unpaired) electrons. The summed E-state index contributed by atoms with van der Waals surface area (Å²) in [4.78, 5) is 43.1. The first-order chi connectivity index (χ1) is 17.0. The lowest BCUT2D eigenvalue weighted by molar-refractivity contribution is -0.116. The SMILES string of the molecule is COc1cccc(-n2c(Cc3cc(=O)[nH]c(=O)[nH]3)nnc2SCC(=O)N2CCc3ccccc32)c1. The van der Waals surface area contributed by atoms with Gasteiger partial charge in [-0.2, -0.15) is 0 Å². The Hall–Kier alpha value is -4.12. The quantitative estimate of drug-likeness (QED) is 0.379. The third-order valence-electron chi connectivity index (χ3n) is 5.69. The lowest BCUT2D eigenvalue weighted by atomic mass is 10.2. The van der Waals surface area contributed by atoms with Crippen molar-refractivity contribution in [3.8, 4) is 11.4 Å². The third-order valence-corrected chi connectivity index (χ3v) is 6.60. The summed E-state index contributed by atoms with van der Waals surface area (Å²) in [7, 11) is 1.58. The van der Waals surface area contributed by atoms with Crippen molar-refractivity contribution in [1.82, 2.24) is 24.7 Å². The van der Waals surface area contributed by atoms with E-state index in [1.807, 2.05) is 48.5 Å². The second-order valence-corrected chi connectivity index (χ2v) is 8.88. The number of anilines is 1. The number of aromatic amines is 2. The van der Waals surface area contributed by atoms with Gasteiger partial charge in [-0.1, -0.05) is 36.0 Å². The number of nitrogens with zero attached hydrogens (tertiary/aromatic N) is 4. The second kappa shape index (κ2) is 9.63. The van der Waals surface area contributed by atoms with Gasteiger partial charge in [-0.3, -0.25) is 19.1 Å².